The van der Waals surface area contributed by atoms with Crippen LogP contribution in [0.25, 0.3) is 0 Å². The number of methoxy groups -OCH3 is 1. The van der Waals surface area contributed by atoms with E-state index in [4.69, 9.17) is 20.1 Å². The lowest BCUT2D eigenvalue weighted by Gasteiger charge is -2.39. The molecule has 2 heterocycles. The molecule has 10 heteroatoms. The van der Waals surface area contributed by atoms with Gasteiger partial charge in [-0.3, -0.25) is 4.90 Å². The first kappa shape index (κ1) is 29.1. The van der Waals surface area contributed by atoms with Crippen molar-refractivity contribution in [2.24, 2.45) is 0 Å². The number of aliphatic carboxylic acids is 2. The van der Waals surface area contributed by atoms with Crippen molar-refractivity contribution in [3.63, 3.8) is 0 Å². The van der Waals surface area contributed by atoms with E-state index in [-0.39, 0.29) is 6.61 Å². The van der Waals surface area contributed by atoms with E-state index in [0.717, 1.165) is 51.3 Å². The van der Waals surface area contributed by atoms with E-state index in [2.05, 4.69) is 52.5 Å². The summed E-state index contributed by atoms with van der Waals surface area (Å²) in [5, 5.41) is 24.7. The minimum atomic E-state index is -1.26. The first-order valence-corrected chi connectivity index (χ1v) is 14.1. The Morgan fingerprint density at radius 2 is 1.76 bits per heavy atom. The lowest BCUT2D eigenvalue weighted by atomic mass is 9.96. The number of hydrogen-bond acceptors (Lipinski definition) is 8. The summed E-state index contributed by atoms with van der Waals surface area (Å²) in [5.41, 5.74) is 2.87. The van der Waals surface area contributed by atoms with Gasteiger partial charge in [-0.25, -0.2) is 9.59 Å². The molecule has 2 aromatic carbocycles. The second-order valence-corrected chi connectivity index (χ2v) is 10.6. The summed E-state index contributed by atoms with van der Waals surface area (Å²) in [6.45, 7) is 5.60. The molecule has 0 radical (unpaired) electrons. The van der Waals surface area contributed by atoms with Crippen LogP contribution in [0.15, 0.2) is 63.2 Å². The Morgan fingerprint density at radius 1 is 1.05 bits per heavy atom. The van der Waals surface area contributed by atoms with Gasteiger partial charge in [0.2, 0.25) is 0 Å². The third kappa shape index (κ3) is 8.51. The second kappa shape index (κ2) is 14.4. The molecule has 2 aliphatic heterocycles. The van der Waals surface area contributed by atoms with Crippen molar-refractivity contribution in [1.29, 1.82) is 0 Å². The Morgan fingerprint density at radius 3 is 2.35 bits per heavy atom. The molecule has 1 atom stereocenters. The lowest BCUT2D eigenvalue weighted by molar-refractivity contribution is -0.134. The Hall–Kier alpha value is -2.50. The van der Waals surface area contributed by atoms with Crippen molar-refractivity contribution < 1.29 is 29.6 Å². The van der Waals surface area contributed by atoms with Crippen LogP contribution in [0.2, 0.25) is 0 Å². The molecule has 4 rings (SSSR count). The summed E-state index contributed by atoms with van der Waals surface area (Å²) < 4.78 is 5.48. The molecule has 0 aliphatic carbocycles. The number of piperazine rings is 1. The average molecular weight is 547 g/mol. The second-order valence-electron chi connectivity index (χ2n) is 8.66. The van der Waals surface area contributed by atoms with Gasteiger partial charge in [-0.15, -0.1) is 11.8 Å². The van der Waals surface area contributed by atoms with Crippen LogP contribution in [0.3, 0.4) is 0 Å². The van der Waals surface area contributed by atoms with E-state index in [0.29, 0.717) is 18.2 Å². The quantitative estimate of drug-likeness (QED) is 0.333. The van der Waals surface area contributed by atoms with Crippen LogP contribution in [0.1, 0.15) is 23.6 Å². The van der Waals surface area contributed by atoms with Gasteiger partial charge in [-0.05, 0) is 60.6 Å². The van der Waals surface area contributed by atoms with Gasteiger partial charge in [-0.2, -0.15) is 0 Å². The standard InChI is InChI=1S/C23H30N2O2S2.C4H4O4/c1-27-18-5-4-17-14-21(25-11-9-24(10-12-25)8-3-13-26)20-16-19(28-2)6-7-22(20)29-23(17)15-18;5-3(6)1-2-4(7)8/h4-7,15-16,21,26H,3,8-14H2,1-2H3;1-2H,(H,5,6)(H,7,8)/b;2-1-. The van der Waals surface area contributed by atoms with Gasteiger partial charge in [0.1, 0.15) is 5.75 Å². The Bertz CT molecular complexity index is 1090. The number of benzene rings is 2. The average Bonchev–Trinajstić information content (AvgIpc) is 3.07. The maximum Gasteiger partial charge on any atom is 0.328 e. The number of carboxylic acid groups (broad SMARTS) is 2. The Balaban J connectivity index is 0.000000414. The highest BCUT2D eigenvalue weighted by Crippen LogP contribution is 2.45. The van der Waals surface area contributed by atoms with Gasteiger partial charge in [0.05, 0.1) is 7.11 Å². The van der Waals surface area contributed by atoms with Crippen LogP contribution in [0.5, 0.6) is 5.75 Å². The summed E-state index contributed by atoms with van der Waals surface area (Å²) in [7, 11) is 1.74. The first-order chi connectivity index (χ1) is 17.8. The molecule has 2 aliphatic rings. The largest absolute Gasteiger partial charge is 0.497 e. The molecular formula is C27H34N2O6S2. The molecule has 37 heavy (non-hydrogen) atoms. The molecular weight excluding hydrogens is 512 g/mol. The van der Waals surface area contributed by atoms with Gasteiger partial charge in [0.15, 0.2) is 0 Å². The van der Waals surface area contributed by atoms with Gasteiger partial charge in [0, 0.05) is 72.2 Å². The number of rotatable bonds is 8. The fourth-order valence-electron chi connectivity index (χ4n) is 4.43. The van der Waals surface area contributed by atoms with Crippen LogP contribution < -0.4 is 4.74 Å². The maximum atomic E-state index is 9.55. The number of aliphatic hydroxyl groups is 1. The van der Waals surface area contributed by atoms with Crippen molar-refractivity contribution in [3.8, 4) is 5.75 Å². The summed E-state index contributed by atoms with van der Waals surface area (Å²) in [6.07, 6.45) is 5.17. The Labute approximate surface area is 226 Å². The van der Waals surface area contributed by atoms with E-state index in [9.17, 15) is 9.59 Å². The number of carboxylic acids is 2. The summed E-state index contributed by atoms with van der Waals surface area (Å²) >= 11 is 3.69. The van der Waals surface area contributed by atoms with Gasteiger partial charge in [-0.1, -0.05) is 17.8 Å². The minimum Gasteiger partial charge on any atom is -0.497 e. The highest BCUT2D eigenvalue weighted by molar-refractivity contribution is 7.99. The van der Waals surface area contributed by atoms with Crippen LogP contribution in [0, 0.1) is 0 Å². The van der Waals surface area contributed by atoms with E-state index < -0.39 is 11.9 Å². The molecule has 3 N–H and O–H groups in total. The molecule has 2 aromatic rings. The Kier molecular flexibility index (Phi) is 11.3. The molecule has 0 bridgehead atoms. The highest BCUT2D eigenvalue weighted by atomic mass is 32.2. The SMILES string of the molecule is COc1ccc2c(c1)Sc1ccc(SC)cc1C(N1CCN(CCCO)CC1)C2.O=C(O)/C=C\C(=O)O. The topological polar surface area (TPSA) is 111 Å². The number of aliphatic hydroxyl groups excluding tert-OH is 1. The van der Waals surface area contributed by atoms with Crippen LogP contribution >= 0.6 is 23.5 Å². The number of fused-ring (bicyclic) bond motifs is 2. The summed E-state index contributed by atoms with van der Waals surface area (Å²) in [6, 6.07) is 13.9. The fourth-order valence-corrected chi connectivity index (χ4v) is 6.02. The number of carbonyl (C=O) groups is 2. The number of ether oxygens (including phenoxy) is 1. The summed E-state index contributed by atoms with van der Waals surface area (Å²) in [4.78, 5) is 28.3. The summed E-state index contributed by atoms with van der Waals surface area (Å²) in [5.74, 6) is -1.59. The first-order valence-electron chi connectivity index (χ1n) is 12.1. The zero-order valence-electron chi connectivity index (χ0n) is 21.1. The normalized spacial score (nSPS) is 17.8. The van der Waals surface area contributed by atoms with Gasteiger partial charge < -0.3 is 25.0 Å². The third-order valence-electron chi connectivity index (χ3n) is 6.33. The van der Waals surface area contributed by atoms with Crippen molar-refractivity contribution in [1.82, 2.24) is 9.80 Å². The predicted octanol–water partition coefficient (Wildman–Crippen LogP) is 3.88. The number of nitrogens with zero attached hydrogens (tertiary/aromatic N) is 2. The minimum absolute atomic E-state index is 0.283. The van der Waals surface area contributed by atoms with Crippen LogP contribution in [0.4, 0.5) is 0 Å². The van der Waals surface area contributed by atoms with Crippen LogP contribution in [-0.2, 0) is 16.0 Å². The number of hydrogen-bond donors (Lipinski definition) is 3. The van der Waals surface area contributed by atoms with Crippen molar-refractivity contribution in [2.45, 2.75) is 33.6 Å². The van der Waals surface area contributed by atoms with Crippen molar-refractivity contribution in [2.75, 3.05) is 52.7 Å². The zero-order valence-corrected chi connectivity index (χ0v) is 22.8. The molecule has 0 saturated carbocycles. The molecule has 8 nitrogen and oxygen atoms in total. The monoisotopic (exact) mass is 546 g/mol. The molecule has 1 unspecified atom stereocenters. The predicted molar refractivity (Wildman–Crippen MR) is 146 cm³/mol. The van der Waals surface area contributed by atoms with Gasteiger partial charge >= 0.3 is 11.9 Å². The molecule has 0 amide bonds. The maximum absolute atomic E-state index is 9.55. The van der Waals surface area contributed by atoms with Gasteiger partial charge in [0.25, 0.3) is 0 Å². The van der Waals surface area contributed by atoms with Crippen molar-refractivity contribution >= 4 is 35.5 Å². The molecule has 1 saturated heterocycles. The third-order valence-corrected chi connectivity index (χ3v) is 8.25. The fraction of sp³-hybridized carbons (Fsp3) is 0.407. The smallest absolute Gasteiger partial charge is 0.328 e. The highest BCUT2D eigenvalue weighted by Gasteiger charge is 2.30. The number of thioether (sulfide) groups is 1. The lowest BCUT2D eigenvalue weighted by Crippen LogP contribution is -2.48. The molecule has 0 aromatic heterocycles. The zero-order chi connectivity index (χ0) is 26.8. The van der Waals surface area contributed by atoms with E-state index in [1.54, 1.807) is 7.11 Å². The van der Waals surface area contributed by atoms with E-state index >= 15 is 0 Å². The van der Waals surface area contributed by atoms with Crippen LogP contribution in [-0.4, -0.2) is 89.8 Å². The molecule has 1 fully saturated rings. The van der Waals surface area contributed by atoms with E-state index in [1.807, 2.05) is 23.5 Å². The molecule has 200 valence electrons. The molecule has 0 spiro atoms. The van der Waals surface area contributed by atoms with E-state index in [1.165, 1.54) is 25.8 Å². The van der Waals surface area contributed by atoms with Crippen molar-refractivity contribution in [3.05, 3.63) is 59.7 Å².